The summed E-state index contributed by atoms with van der Waals surface area (Å²) in [6.45, 7) is 0. The summed E-state index contributed by atoms with van der Waals surface area (Å²) in [6, 6.07) is 18.1. The lowest BCUT2D eigenvalue weighted by molar-refractivity contribution is 0.589. The Kier molecular flexibility index (Phi) is 3.60. The lowest BCUT2D eigenvalue weighted by atomic mass is 10.0. The van der Waals surface area contributed by atoms with Crippen molar-refractivity contribution in [3.8, 4) is 11.1 Å². The molecule has 0 aliphatic carbocycles. The van der Waals surface area contributed by atoms with Gasteiger partial charge in [-0.05, 0) is 42.0 Å². The van der Waals surface area contributed by atoms with Crippen molar-refractivity contribution in [2.24, 2.45) is 7.05 Å². The largest absolute Gasteiger partial charge is 0.269 e. The molecule has 5 rings (SSSR count). The Morgan fingerprint density at radius 3 is 2.61 bits per heavy atom. The summed E-state index contributed by atoms with van der Waals surface area (Å²) in [7, 11) is -1.86. The minimum Gasteiger partial charge on any atom is -0.268 e. The van der Waals surface area contributed by atoms with Crippen molar-refractivity contribution in [1.82, 2.24) is 18.7 Å². The summed E-state index contributed by atoms with van der Waals surface area (Å²) in [4.78, 5) is 4.58. The predicted octanol–water partition coefficient (Wildman–Crippen LogP) is 3.83. The van der Waals surface area contributed by atoms with Gasteiger partial charge in [-0.15, -0.1) is 0 Å². The van der Waals surface area contributed by atoms with Gasteiger partial charge in [-0.2, -0.15) is 5.10 Å². The van der Waals surface area contributed by atoms with E-state index in [2.05, 4.69) is 10.1 Å². The highest BCUT2D eigenvalue weighted by Gasteiger charge is 2.22. The highest BCUT2D eigenvalue weighted by atomic mass is 32.2. The monoisotopic (exact) mass is 388 g/mol. The lowest BCUT2D eigenvalue weighted by Crippen LogP contribution is -2.12. The van der Waals surface area contributed by atoms with Gasteiger partial charge >= 0.3 is 0 Å². The highest BCUT2D eigenvalue weighted by molar-refractivity contribution is 7.90. The molecule has 138 valence electrons. The number of aromatic nitrogens is 4. The van der Waals surface area contributed by atoms with E-state index >= 15 is 0 Å². The molecule has 2 aromatic carbocycles. The maximum atomic E-state index is 13.2. The maximum absolute atomic E-state index is 13.2. The highest BCUT2D eigenvalue weighted by Crippen LogP contribution is 2.33. The summed E-state index contributed by atoms with van der Waals surface area (Å²) in [5.41, 5.74) is 3.16. The van der Waals surface area contributed by atoms with Crippen LogP contribution in [0.1, 0.15) is 0 Å². The average Bonchev–Trinajstić information content (AvgIpc) is 3.30. The zero-order valence-corrected chi connectivity index (χ0v) is 15.8. The Morgan fingerprint density at radius 2 is 1.79 bits per heavy atom. The first-order chi connectivity index (χ1) is 13.6. The van der Waals surface area contributed by atoms with Crippen LogP contribution >= 0.6 is 0 Å². The zero-order valence-electron chi connectivity index (χ0n) is 15.0. The molecule has 0 saturated carbocycles. The molecular formula is C21H16N4O2S. The topological polar surface area (TPSA) is 69.8 Å². The zero-order chi connectivity index (χ0) is 19.3. The van der Waals surface area contributed by atoms with Crippen LogP contribution in [0.5, 0.6) is 0 Å². The molecule has 3 heterocycles. The van der Waals surface area contributed by atoms with Gasteiger partial charge in [-0.1, -0.05) is 24.3 Å². The van der Waals surface area contributed by atoms with Crippen molar-refractivity contribution in [3.63, 3.8) is 0 Å². The third kappa shape index (κ3) is 2.44. The number of benzene rings is 2. The first kappa shape index (κ1) is 16.7. The van der Waals surface area contributed by atoms with E-state index in [1.165, 1.54) is 3.97 Å². The van der Waals surface area contributed by atoms with Crippen molar-refractivity contribution in [2.45, 2.75) is 4.90 Å². The van der Waals surface area contributed by atoms with Gasteiger partial charge in [0.1, 0.15) is 0 Å². The molecule has 28 heavy (non-hydrogen) atoms. The van der Waals surface area contributed by atoms with Crippen LogP contribution in [0.2, 0.25) is 0 Å². The molecule has 0 fully saturated rings. The third-order valence-electron chi connectivity index (χ3n) is 4.89. The van der Waals surface area contributed by atoms with E-state index in [-0.39, 0.29) is 4.90 Å². The molecule has 0 N–H and O–H groups in total. The van der Waals surface area contributed by atoms with Crippen molar-refractivity contribution in [2.75, 3.05) is 0 Å². The van der Waals surface area contributed by atoms with Crippen LogP contribution in [0.3, 0.4) is 0 Å². The molecule has 0 bridgehead atoms. The van der Waals surface area contributed by atoms with Crippen LogP contribution in [0.25, 0.3) is 33.1 Å². The van der Waals surface area contributed by atoms with Crippen LogP contribution < -0.4 is 0 Å². The minimum absolute atomic E-state index is 0.229. The molecule has 0 amide bonds. The van der Waals surface area contributed by atoms with E-state index in [9.17, 15) is 8.42 Å². The summed E-state index contributed by atoms with van der Waals surface area (Å²) in [5.74, 6) is 0. The van der Waals surface area contributed by atoms with E-state index in [4.69, 9.17) is 0 Å². The first-order valence-electron chi connectivity index (χ1n) is 8.74. The molecule has 0 aliphatic heterocycles. The first-order valence-corrected chi connectivity index (χ1v) is 10.2. The molecule has 0 atom stereocenters. The number of aryl methyl sites for hydroxylation is 1. The normalized spacial score (nSPS) is 12.0. The van der Waals surface area contributed by atoms with Gasteiger partial charge in [-0.25, -0.2) is 17.4 Å². The van der Waals surface area contributed by atoms with Crippen molar-refractivity contribution < 1.29 is 8.42 Å². The Bertz CT molecular complexity index is 1430. The van der Waals surface area contributed by atoms with E-state index in [0.717, 1.165) is 27.4 Å². The second-order valence-electron chi connectivity index (χ2n) is 6.57. The number of pyridine rings is 1. The Balaban J connectivity index is 1.77. The fraction of sp³-hybridized carbons (Fsp3) is 0.0476. The van der Waals surface area contributed by atoms with Gasteiger partial charge < -0.3 is 0 Å². The van der Waals surface area contributed by atoms with Gasteiger partial charge in [0.15, 0.2) is 5.65 Å². The van der Waals surface area contributed by atoms with Gasteiger partial charge in [-0.3, -0.25) is 4.68 Å². The van der Waals surface area contributed by atoms with Crippen molar-refractivity contribution >= 4 is 32.0 Å². The molecule has 7 heteroatoms. The van der Waals surface area contributed by atoms with Gasteiger partial charge in [0.2, 0.25) is 0 Å². The van der Waals surface area contributed by atoms with Crippen LogP contribution in [-0.4, -0.2) is 27.2 Å². The second-order valence-corrected chi connectivity index (χ2v) is 8.39. The molecule has 0 unspecified atom stereocenters. The molecular weight excluding hydrogens is 372 g/mol. The summed E-state index contributed by atoms with van der Waals surface area (Å²) < 4.78 is 29.5. The Labute approximate surface area is 161 Å². The lowest BCUT2D eigenvalue weighted by Gasteiger charge is -2.06. The smallest absolute Gasteiger partial charge is 0.268 e. The number of hydrogen-bond donors (Lipinski definition) is 0. The summed E-state index contributed by atoms with van der Waals surface area (Å²) in [5, 5.41) is 6.06. The number of rotatable bonds is 3. The van der Waals surface area contributed by atoms with E-state index in [1.54, 1.807) is 48.9 Å². The van der Waals surface area contributed by atoms with Crippen LogP contribution in [0, 0.1) is 0 Å². The number of fused-ring (bicyclic) bond motifs is 2. The number of hydrogen-bond acceptors (Lipinski definition) is 4. The molecule has 6 nitrogen and oxygen atoms in total. The number of nitrogens with zero attached hydrogens (tertiary/aromatic N) is 4. The minimum atomic E-state index is -3.75. The molecule has 0 saturated heterocycles. The predicted molar refractivity (Wildman–Crippen MR) is 108 cm³/mol. The van der Waals surface area contributed by atoms with E-state index in [1.807, 2.05) is 42.1 Å². The molecule has 3 aromatic heterocycles. The van der Waals surface area contributed by atoms with Crippen molar-refractivity contribution in [1.29, 1.82) is 0 Å². The standard InChI is InChI=1S/C21H16N4O2S/c1-24-20-10-9-15(12-16(20)13-23-24)19-14-25(21-18(19)8-5-11-22-21)28(26,27)17-6-3-2-4-7-17/h2-14H,1H3. The molecule has 0 aliphatic rings. The Morgan fingerprint density at radius 1 is 0.964 bits per heavy atom. The van der Waals surface area contributed by atoms with Gasteiger partial charge in [0.25, 0.3) is 10.0 Å². The Hall–Kier alpha value is -3.45. The fourth-order valence-electron chi connectivity index (χ4n) is 3.48. The summed E-state index contributed by atoms with van der Waals surface area (Å²) >= 11 is 0. The van der Waals surface area contributed by atoms with Crippen molar-refractivity contribution in [3.05, 3.63) is 79.3 Å². The molecule has 0 spiro atoms. The fourth-order valence-corrected chi connectivity index (χ4v) is 4.83. The molecule has 0 radical (unpaired) electrons. The third-order valence-corrected chi connectivity index (χ3v) is 6.55. The van der Waals surface area contributed by atoms with E-state index < -0.39 is 10.0 Å². The van der Waals surface area contributed by atoms with Crippen LogP contribution in [0.4, 0.5) is 0 Å². The van der Waals surface area contributed by atoms with Gasteiger partial charge in [0, 0.05) is 35.8 Å². The quantitative estimate of drug-likeness (QED) is 0.471. The van der Waals surface area contributed by atoms with Gasteiger partial charge in [0.05, 0.1) is 16.6 Å². The van der Waals surface area contributed by atoms with Crippen LogP contribution in [0.15, 0.2) is 84.1 Å². The SMILES string of the molecule is Cn1ncc2cc(-c3cn(S(=O)(=O)c4ccccc4)c4ncccc34)ccc21. The molecule has 5 aromatic rings. The second kappa shape index (κ2) is 6.03. The maximum Gasteiger partial charge on any atom is 0.269 e. The average molecular weight is 388 g/mol. The van der Waals surface area contributed by atoms with Crippen LogP contribution in [-0.2, 0) is 17.1 Å². The van der Waals surface area contributed by atoms with E-state index in [0.29, 0.717) is 5.65 Å². The summed E-state index contributed by atoms with van der Waals surface area (Å²) in [6.07, 6.45) is 5.06.